The van der Waals surface area contributed by atoms with Crippen LogP contribution in [0.5, 0.6) is 0 Å². The first-order valence-electron chi connectivity index (χ1n) is 9.85. The molecule has 2 heterocycles. The average Bonchev–Trinajstić information content (AvgIpc) is 3.11. The molecule has 0 atom stereocenters. The van der Waals surface area contributed by atoms with Crippen LogP contribution in [0.2, 0.25) is 0 Å². The minimum Gasteiger partial charge on any atom is -0.355 e. The Morgan fingerprint density at radius 3 is 2.68 bits per heavy atom. The summed E-state index contributed by atoms with van der Waals surface area (Å²) in [6, 6.07) is 9.56. The molecule has 28 heavy (non-hydrogen) atoms. The molecule has 2 aromatic rings. The van der Waals surface area contributed by atoms with Crippen molar-refractivity contribution in [3.8, 4) is 0 Å². The summed E-state index contributed by atoms with van der Waals surface area (Å²) in [6.45, 7) is 5.69. The molecule has 3 rings (SSSR count). The minimum absolute atomic E-state index is 0.0774. The van der Waals surface area contributed by atoms with Gasteiger partial charge in [0.1, 0.15) is 0 Å². The molecule has 1 aliphatic rings. The number of thiazole rings is 1. The third-order valence-electron chi connectivity index (χ3n) is 4.94. The smallest absolute Gasteiger partial charge is 0.227 e. The maximum atomic E-state index is 12.1. The molecular formula is C21H28N4O2S. The zero-order chi connectivity index (χ0) is 19.8. The van der Waals surface area contributed by atoms with Crippen LogP contribution >= 0.6 is 11.3 Å². The number of rotatable bonds is 8. The van der Waals surface area contributed by atoms with Crippen molar-refractivity contribution in [3.63, 3.8) is 0 Å². The molecule has 2 N–H and O–H groups in total. The number of aromatic nitrogens is 1. The van der Waals surface area contributed by atoms with Crippen LogP contribution in [0.4, 0.5) is 5.13 Å². The Hall–Kier alpha value is -2.25. The van der Waals surface area contributed by atoms with E-state index in [2.05, 4.69) is 27.4 Å². The molecule has 1 aromatic heterocycles. The van der Waals surface area contributed by atoms with E-state index in [1.165, 1.54) is 24.2 Å². The van der Waals surface area contributed by atoms with E-state index in [1.807, 2.05) is 35.7 Å². The first kappa shape index (κ1) is 20.5. The van der Waals surface area contributed by atoms with Gasteiger partial charge in [0.2, 0.25) is 11.8 Å². The van der Waals surface area contributed by atoms with Crippen molar-refractivity contribution in [2.24, 2.45) is 5.92 Å². The number of anilines is 1. The van der Waals surface area contributed by atoms with Gasteiger partial charge in [0.15, 0.2) is 5.13 Å². The van der Waals surface area contributed by atoms with Crippen LogP contribution < -0.4 is 10.6 Å². The van der Waals surface area contributed by atoms with Crippen LogP contribution in [0.25, 0.3) is 0 Å². The Balaban J connectivity index is 1.34. The Kier molecular flexibility index (Phi) is 7.56. The molecule has 1 fully saturated rings. The number of carbonyl (C=O) groups is 2. The van der Waals surface area contributed by atoms with Crippen molar-refractivity contribution < 1.29 is 9.59 Å². The van der Waals surface area contributed by atoms with Crippen LogP contribution in [0.1, 0.15) is 37.4 Å². The highest BCUT2D eigenvalue weighted by Crippen LogP contribution is 2.21. The molecule has 1 aliphatic heterocycles. The molecule has 1 saturated heterocycles. The fraction of sp³-hybridized carbons (Fsp3) is 0.476. The number of benzene rings is 1. The van der Waals surface area contributed by atoms with Crippen molar-refractivity contribution >= 4 is 28.3 Å². The highest BCUT2D eigenvalue weighted by atomic mass is 32.1. The van der Waals surface area contributed by atoms with Gasteiger partial charge >= 0.3 is 0 Å². The lowest BCUT2D eigenvalue weighted by atomic mass is 9.99. The van der Waals surface area contributed by atoms with Crippen LogP contribution in [-0.4, -0.2) is 41.3 Å². The summed E-state index contributed by atoms with van der Waals surface area (Å²) in [5, 5.41) is 8.25. The van der Waals surface area contributed by atoms with E-state index in [0.29, 0.717) is 18.1 Å². The Labute approximate surface area is 170 Å². The number of hydrogen-bond donors (Lipinski definition) is 2. The van der Waals surface area contributed by atoms with Crippen LogP contribution in [0.3, 0.4) is 0 Å². The van der Waals surface area contributed by atoms with Crippen molar-refractivity contribution in [1.29, 1.82) is 0 Å². The summed E-state index contributed by atoms with van der Waals surface area (Å²) in [6.07, 6.45) is 3.04. The van der Waals surface area contributed by atoms with Gasteiger partial charge < -0.3 is 10.6 Å². The van der Waals surface area contributed by atoms with E-state index in [0.717, 1.165) is 36.8 Å². The molecule has 0 unspecified atom stereocenters. The SMILES string of the molecule is CC1CCN(Cc2csc(NC(=O)CCNC(=O)Cc3ccccc3)n2)CC1. The van der Waals surface area contributed by atoms with Gasteiger partial charge in [-0.3, -0.25) is 14.5 Å². The van der Waals surface area contributed by atoms with Crippen molar-refractivity contribution in [2.75, 3.05) is 25.0 Å². The monoisotopic (exact) mass is 400 g/mol. The maximum Gasteiger partial charge on any atom is 0.227 e. The number of nitrogens with zero attached hydrogens (tertiary/aromatic N) is 2. The van der Waals surface area contributed by atoms with E-state index in [1.54, 1.807) is 0 Å². The van der Waals surface area contributed by atoms with E-state index in [9.17, 15) is 9.59 Å². The summed E-state index contributed by atoms with van der Waals surface area (Å²) < 4.78 is 0. The Morgan fingerprint density at radius 2 is 1.93 bits per heavy atom. The lowest BCUT2D eigenvalue weighted by Crippen LogP contribution is -2.32. The van der Waals surface area contributed by atoms with Gasteiger partial charge in [-0.2, -0.15) is 0 Å². The second-order valence-corrected chi connectivity index (χ2v) is 8.27. The van der Waals surface area contributed by atoms with Gasteiger partial charge in [-0.1, -0.05) is 37.3 Å². The second-order valence-electron chi connectivity index (χ2n) is 7.41. The zero-order valence-corrected chi connectivity index (χ0v) is 17.1. The van der Waals surface area contributed by atoms with E-state index in [-0.39, 0.29) is 18.2 Å². The van der Waals surface area contributed by atoms with Gasteiger partial charge in [-0.05, 0) is 37.4 Å². The maximum absolute atomic E-state index is 12.1. The molecule has 1 aromatic carbocycles. The third-order valence-corrected chi connectivity index (χ3v) is 5.75. The molecule has 2 amide bonds. The molecule has 0 spiro atoms. The fourth-order valence-electron chi connectivity index (χ4n) is 3.23. The van der Waals surface area contributed by atoms with Crippen molar-refractivity contribution in [2.45, 2.75) is 39.2 Å². The fourth-order valence-corrected chi connectivity index (χ4v) is 3.94. The minimum atomic E-state index is -0.132. The number of carbonyl (C=O) groups excluding carboxylic acids is 2. The lowest BCUT2D eigenvalue weighted by Gasteiger charge is -2.29. The Morgan fingerprint density at radius 1 is 1.18 bits per heavy atom. The number of nitrogens with one attached hydrogen (secondary N) is 2. The molecule has 150 valence electrons. The standard InChI is InChI=1S/C21H28N4O2S/c1-16-8-11-25(12-9-16)14-18-15-28-21(23-18)24-19(26)7-10-22-20(27)13-17-5-3-2-4-6-17/h2-6,15-16H,7-14H2,1H3,(H,22,27)(H,23,24,26). The summed E-state index contributed by atoms with van der Waals surface area (Å²) in [4.78, 5) is 30.9. The van der Waals surface area contributed by atoms with Gasteiger partial charge in [0, 0.05) is 24.9 Å². The quantitative estimate of drug-likeness (QED) is 0.714. The van der Waals surface area contributed by atoms with Crippen LogP contribution in [-0.2, 0) is 22.6 Å². The van der Waals surface area contributed by atoms with Crippen molar-refractivity contribution in [3.05, 3.63) is 47.0 Å². The molecule has 0 bridgehead atoms. The summed E-state index contributed by atoms with van der Waals surface area (Å²) >= 11 is 1.45. The van der Waals surface area contributed by atoms with Gasteiger partial charge in [-0.25, -0.2) is 4.98 Å². The van der Waals surface area contributed by atoms with Gasteiger partial charge in [-0.15, -0.1) is 11.3 Å². The number of amides is 2. The second kappa shape index (κ2) is 10.3. The molecule has 0 radical (unpaired) electrons. The zero-order valence-electron chi connectivity index (χ0n) is 16.3. The Bertz CT molecular complexity index is 770. The molecule has 6 nitrogen and oxygen atoms in total. The number of hydrogen-bond acceptors (Lipinski definition) is 5. The first-order valence-corrected chi connectivity index (χ1v) is 10.7. The van der Waals surface area contributed by atoms with E-state index >= 15 is 0 Å². The molecule has 0 saturated carbocycles. The third kappa shape index (κ3) is 6.73. The van der Waals surface area contributed by atoms with Gasteiger partial charge in [0.25, 0.3) is 0 Å². The summed E-state index contributed by atoms with van der Waals surface area (Å²) in [5.74, 6) is 0.605. The highest BCUT2D eigenvalue weighted by molar-refractivity contribution is 7.13. The average molecular weight is 401 g/mol. The predicted octanol–water partition coefficient (Wildman–Crippen LogP) is 3.06. The number of likely N-dealkylation sites (tertiary alicyclic amines) is 1. The largest absolute Gasteiger partial charge is 0.355 e. The molecular weight excluding hydrogens is 372 g/mol. The summed E-state index contributed by atoms with van der Waals surface area (Å²) in [7, 11) is 0. The topological polar surface area (TPSA) is 74.3 Å². The van der Waals surface area contributed by atoms with Gasteiger partial charge in [0.05, 0.1) is 12.1 Å². The van der Waals surface area contributed by atoms with Crippen LogP contribution in [0, 0.1) is 5.92 Å². The predicted molar refractivity (Wildman–Crippen MR) is 112 cm³/mol. The van der Waals surface area contributed by atoms with E-state index < -0.39 is 0 Å². The van der Waals surface area contributed by atoms with Crippen LogP contribution in [0.15, 0.2) is 35.7 Å². The van der Waals surface area contributed by atoms with Crippen molar-refractivity contribution in [1.82, 2.24) is 15.2 Å². The van der Waals surface area contributed by atoms with E-state index in [4.69, 9.17) is 0 Å². The normalized spacial score (nSPS) is 15.3. The molecule has 0 aliphatic carbocycles. The first-order chi connectivity index (χ1) is 13.6. The molecule has 7 heteroatoms. The summed E-state index contributed by atoms with van der Waals surface area (Å²) in [5.41, 5.74) is 1.97. The lowest BCUT2D eigenvalue weighted by molar-refractivity contribution is -0.120. The highest BCUT2D eigenvalue weighted by Gasteiger charge is 2.17. The number of piperidine rings is 1.